The number of aryl methyl sites for hydroxylation is 2. The number of hydrogen-bond acceptors (Lipinski definition) is 4. The highest BCUT2D eigenvalue weighted by atomic mass is 16.1. The first kappa shape index (κ1) is 12.8. The third-order valence-corrected chi connectivity index (χ3v) is 4.09. The zero-order chi connectivity index (χ0) is 20.6. The van der Waals surface area contributed by atoms with Gasteiger partial charge in [0.1, 0.15) is 0 Å². The van der Waals surface area contributed by atoms with Gasteiger partial charge < -0.3 is 9.88 Å². The van der Waals surface area contributed by atoms with Crippen molar-refractivity contribution in [2.24, 2.45) is 7.05 Å². The number of fused-ring (bicyclic) bond motifs is 1. The largest absolute Gasteiger partial charge is 0.334 e. The lowest BCUT2D eigenvalue weighted by Crippen LogP contribution is -2.13. The molecule has 2 aromatic carbocycles. The van der Waals surface area contributed by atoms with Crippen molar-refractivity contribution in [3.63, 3.8) is 0 Å². The molecule has 6 nitrogen and oxygen atoms in total. The lowest BCUT2D eigenvalue weighted by atomic mass is 10.1. The van der Waals surface area contributed by atoms with Gasteiger partial charge in [-0.2, -0.15) is 0 Å². The molecule has 0 spiro atoms. The molecule has 4 aromatic rings. The van der Waals surface area contributed by atoms with Gasteiger partial charge in [0.25, 0.3) is 5.91 Å². The third kappa shape index (κ3) is 3.04. The van der Waals surface area contributed by atoms with Crippen LogP contribution in [0.25, 0.3) is 22.2 Å². The molecule has 0 saturated heterocycles. The second-order valence-electron chi connectivity index (χ2n) is 5.92. The van der Waals surface area contributed by atoms with Crippen LogP contribution in [-0.4, -0.2) is 25.7 Å². The number of carbonyl (C=O) groups excluding carboxylic acids is 1. The maximum atomic E-state index is 12.5. The predicted molar refractivity (Wildman–Crippen MR) is 101 cm³/mol. The maximum Gasteiger partial charge on any atom is 0.256 e. The topological polar surface area (TPSA) is 72.7 Å². The third-order valence-electron chi connectivity index (χ3n) is 4.09. The van der Waals surface area contributed by atoms with E-state index in [1.807, 2.05) is 29.8 Å². The summed E-state index contributed by atoms with van der Waals surface area (Å²) in [5.41, 5.74) is 3.16. The molecule has 1 N–H and O–H groups in total. The first-order chi connectivity index (χ1) is 13.8. The standard InChI is InChI=1S/C20H17N5O/c1-13-3-5-14(6-4-13)20(26)22-19-10-16-9-15(7-8-17(16)23-24-19)18-11-21-12-25(18)2/h3-12H,1-2H3,(H,22,24,26)/i1D3. The van der Waals surface area contributed by atoms with Crippen molar-refractivity contribution < 1.29 is 8.91 Å². The number of hydrogen-bond donors (Lipinski definition) is 1. The van der Waals surface area contributed by atoms with Crippen LogP contribution < -0.4 is 5.32 Å². The number of aromatic nitrogens is 4. The average molecular weight is 346 g/mol. The van der Waals surface area contributed by atoms with Crippen molar-refractivity contribution in [3.8, 4) is 11.3 Å². The van der Waals surface area contributed by atoms with E-state index in [0.717, 1.165) is 16.6 Å². The van der Waals surface area contributed by atoms with Gasteiger partial charge in [0, 0.05) is 27.7 Å². The Labute approximate surface area is 154 Å². The first-order valence-corrected chi connectivity index (χ1v) is 7.97. The monoisotopic (exact) mass is 346 g/mol. The maximum absolute atomic E-state index is 12.5. The van der Waals surface area contributed by atoms with E-state index in [-0.39, 0.29) is 5.56 Å². The van der Waals surface area contributed by atoms with E-state index < -0.39 is 12.8 Å². The molecular weight excluding hydrogens is 326 g/mol. The molecule has 0 fully saturated rings. The van der Waals surface area contributed by atoms with Crippen LogP contribution >= 0.6 is 0 Å². The molecule has 128 valence electrons. The van der Waals surface area contributed by atoms with E-state index in [4.69, 9.17) is 4.11 Å². The second-order valence-corrected chi connectivity index (χ2v) is 5.92. The van der Waals surface area contributed by atoms with Crippen LogP contribution in [0.2, 0.25) is 0 Å². The second kappa shape index (κ2) is 6.40. The number of carbonyl (C=O) groups is 1. The van der Waals surface area contributed by atoms with Gasteiger partial charge in [-0.15, -0.1) is 10.2 Å². The summed E-state index contributed by atoms with van der Waals surface area (Å²) >= 11 is 0. The van der Waals surface area contributed by atoms with Gasteiger partial charge in [0.05, 0.1) is 23.7 Å². The number of anilines is 1. The van der Waals surface area contributed by atoms with Crippen LogP contribution in [0.3, 0.4) is 0 Å². The molecule has 2 aromatic heterocycles. The Morgan fingerprint density at radius 2 is 1.96 bits per heavy atom. The van der Waals surface area contributed by atoms with E-state index in [1.165, 1.54) is 24.3 Å². The lowest BCUT2D eigenvalue weighted by Gasteiger charge is -2.07. The molecule has 0 bridgehead atoms. The SMILES string of the molecule is [2H]C([2H])([2H])c1ccc(C(=O)Nc2cc3cc(-c4cncn4C)ccc3nn2)cc1. The summed E-state index contributed by atoms with van der Waals surface area (Å²) in [6.45, 7) is -2.20. The Kier molecular flexibility index (Phi) is 3.14. The van der Waals surface area contributed by atoms with Gasteiger partial charge in [-0.1, -0.05) is 23.8 Å². The molecule has 0 radical (unpaired) electrons. The van der Waals surface area contributed by atoms with Gasteiger partial charge in [-0.3, -0.25) is 4.79 Å². The zero-order valence-corrected chi connectivity index (χ0v) is 14.0. The van der Waals surface area contributed by atoms with E-state index in [0.29, 0.717) is 16.9 Å². The Hall–Kier alpha value is -3.54. The minimum atomic E-state index is -2.20. The van der Waals surface area contributed by atoms with Crippen molar-refractivity contribution in [3.05, 3.63) is 72.2 Å². The first-order valence-electron chi connectivity index (χ1n) is 9.47. The van der Waals surface area contributed by atoms with Gasteiger partial charge in [-0.05, 0) is 37.2 Å². The molecule has 0 aliphatic heterocycles. The average Bonchev–Trinajstić information content (AvgIpc) is 3.13. The molecule has 2 heterocycles. The summed E-state index contributed by atoms with van der Waals surface area (Å²) in [6.07, 6.45) is 3.51. The summed E-state index contributed by atoms with van der Waals surface area (Å²) < 4.78 is 24.1. The molecule has 0 atom stereocenters. The van der Waals surface area contributed by atoms with Crippen molar-refractivity contribution in [2.75, 3.05) is 5.32 Å². The van der Waals surface area contributed by atoms with Gasteiger partial charge in [0.2, 0.25) is 0 Å². The number of amides is 1. The highest BCUT2D eigenvalue weighted by Gasteiger charge is 2.09. The Morgan fingerprint density at radius 3 is 2.69 bits per heavy atom. The molecule has 0 saturated carbocycles. The van der Waals surface area contributed by atoms with Crippen molar-refractivity contribution in [2.45, 2.75) is 6.85 Å². The lowest BCUT2D eigenvalue weighted by molar-refractivity contribution is 0.102. The van der Waals surface area contributed by atoms with Crippen LogP contribution in [0.4, 0.5) is 5.82 Å². The van der Waals surface area contributed by atoms with Crippen LogP contribution in [0.15, 0.2) is 61.1 Å². The van der Waals surface area contributed by atoms with Crippen LogP contribution in [0.1, 0.15) is 20.0 Å². The minimum absolute atomic E-state index is 0.183. The number of nitrogens with one attached hydrogen (secondary N) is 1. The molecular formula is C20H17N5O. The van der Waals surface area contributed by atoms with Gasteiger partial charge in [0.15, 0.2) is 5.82 Å². The fourth-order valence-electron chi connectivity index (χ4n) is 2.71. The summed E-state index contributed by atoms with van der Waals surface area (Å²) in [5, 5.41) is 11.7. The summed E-state index contributed by atoms with van der Waals surface area (Å²) in [6, 6.07) is 13.3. The van der Waals surface area contributed by atoms with Gasteiger partial charge >= 0.3 is 0 Å². The molecule has 0 aliphatic carbocycles. The fraction of sp³-hybridized carbons (Fsp3) is 0.100. The molecule has 0 unspecified atom stereocenters. The summed E-state index contributed by atoms with van der Waals surface area (Å²) in [7, 11) is 1.92. The Bertz CT molecular complexity index is 1200. The van der Waals surface area contributed by atoms with Crippen molar-refractivity contribution >= 4 is 22.6 Å². The summed E-state index contributed by atoms with van der Waals surface area (Å²) in [4.78, 5) is 16.6. The number of rotatable bonds is 3. The summed E-state index contributed by atoms with van der Waals surface area (Å²) in [5.74, 6) is -0.0805. The molecule has 0 aliphatic rings. The highest BCUT2D eigenvalue weighted by Crippen LogP contribution is 2.24. The normalized spacial score (nSPS) is 13.0. The van der Waals surface area contributed by atoms with E-state index in [2.05, 4.69) is 20.5 Å². The zero-order valence-electron chi connectivity index (χ0n) is 17.0. The predicted octanol–water partition coefficient (Wildman–Crippen LogP) is 3.59. The fourth-order valence-corrected chi connectivity index (χ4v) is 2.71. The van der Waals surface area contributed by atoms with E-state index in [1.54, 1.807) is 18.6 Å². The minimum Gasteiger partial charge on any atom is -0.334 e. The molecule has 1 amide bonds. The Morgan fingerprint density at radius 1 is 1.12 bits per heavy atom. The van der Waals surface area contributed by atoms with E-state index >= 15 is 0 Å². The van der Waals surface area contributed by atoms with Crippen molar-refractivity contribution in [1.29, 1.82) is 0 Å². The smallest absolute Gasteiger partial charge is 0.256 e. The molecule has 6 heteroatoms. The quantitative estimate of drug-likeness (QED) is 0.615. The number of imidazole rings is 1. The van der Waals surface area contributed by atoms with Crippen LogP contribution in [0.5, 0.6) is 0 Å². The van der Waals surface area contributed by atoms with Crippen molar-refractivity contribution in [1.82, 2.24) is 19.7 Å². The van der Waals surface area contributed by atoms with Crippen LogP contribution in [0, 0.1) is 6.85 Å². The number of nitrogens with zero attached hydrogens (tertiary/aromatic N) is 4. The number of benzene rings is 2. The molecule has 4 rings (SSSR count). The van der Waals surface area contributed by atoms with E-state index in [9.17, 15) is 4.79 Å². The Balaban J connectivity index is 1.59. The van der Waals surface area contributed by atoms with Crippen LogP contribution in [-0.2, 0) is 7.05 Å². The highest BCUT2D eigenvalue weighted by molar-refractivity contribution is 6.04. The molecule has 26 heavy (non-hydrogen) atoms. The van der Waals surface area contributed by atoms with Gasteiger partial charge in [-0.25, -0.2) is 4.98 Å².